The second-order valence-electron chi connectivity index (χ2n) is 7.86. The molecule has 1 fully saturated rings. The van der Waals surface area contributed by atoms with E-state index in [0.29, 0.717) is 17.4 Å². The van der Waals surface area contributed by atoms with Gasteiger partial charge in [0.15, 0.2) is 5.82 Å². The Hall–Kier alpha value is -3.10. The van der Waals surface area contributed by atoms with Crippen LogP contribution in [0.15, 0.2) is 33.9 Å². The average Bonchev–Trinajstić information content (AvgIpc) is 3.19. The molecule has 0 spiro atoms. The molecule has 0 atom stereocenters. The van der Waals surface area contributed by atoms with Crippen LogP contribution in [0.25, 0.3) is 0 Å². The topological polar surface area (TPSA) is 101 Å². The molecule has 8 nitrogen and oxygen atoms in total. The van der Waals surface area contributed by atoms with Crippen molar-refractivity contribution in [2.45, 2.75) is 64.0 Å². The highest BCUT2D eigenvalue weighted by Gasteiger charge is 2.41. The summed E-state index contributed by atoms with van der Waals surface area (Å²) in [5.74, 6) is 0.105. The number of nitrogens with zero attached hydrogens (tertiary/aromatic N) is 4. The van der Waals surface area contributed by atoms with E-state index in [4.69, 9.17) is 4.52 Å². The lowest BCUT2D eigenvalue weighted by atomic mass is 9.80. The number of aromatic nitrogens is 2. The number of amides is 2. The molecular weight excluding hydrogens is 389 g/mol. The zero-order chi connectivity index (χ0) is 21.1. The van der Waals surface area contributed by atoms with Gasteiger partial charge < -0.3 is 9.84 Å². The highest BCUT2D eigenvalue weighted by atomic mass is 19.1. The Bertz CT molecular complexity index is 963. The van der Waals surface area contributed by atoms with Crippen molar-refractivity contribution >= 4 is 17.5 Å². The van der Waals surface area contributed by atoms with Crippen LogP contribution in [-0.2, 0) is 21.7 Å². The third-order valence-electron chi connectivity index (χ3n) is 5.63. The standard InChI is InChI=1S/C21H24FN5O3/c1-14-23-20(26-30-14)21(11-3-2-4-12-21)24-19(29)17-9-10-18(28)27(25-17)13-15-5-7-16(22)8-6-15/h5-8H,2-4,9-13H2,1H3,(H,24,29). The zero-order valence-electron chi connectivity index (χ0n) is 16.9. The summed E-state index contributed by atoms with van der Waals surface area (Å²) in [5, 5.41) is 12.7. The van der Waals surface area contributed by atoms with E-state index in [-0.39, 0.29) is 37.0 Å². The number of rotatable bonds is 5. The van der Waals surface area contributed by atoms with Gasteiger partial charge in [0.25, 0.3) is 5.91 Å². The minimum Gasteiger partial charge on any atom is -0.340 e. The van der Waals surface area contributed by atoms with Crippen molar-refractivity contribution in [3.05, 3.63) is 47.4 Å². The maximum atomic E-state index is 13.1. The SMILES string of the molecule is Cc1nc(C2(NC(=O)C3=NN(Cc4ccc(F)cc4)C(=O)CC3)CCCCC2)no1. The Morgan fingerprint density at radius 3 is 2.60 bits per heavy atom. The summed E-state index contributed by atoms with van der Waals surface area (Å²) < 4.78 is 18.3. The van der Waals surface area contributed by atoms with Crippen molar-refractivity contribution < 1.29 is 18.5 Å². The highest BCUT2D eigenvalue weighted by Crippen LogP contribution is 2.35. The number of hydrogen-bond donors (Lipinski definition) is 1. The molecule has 1 aliphatic heterocycles. The summed E-state index contributed by atoms with van der Waals surface area (Å²) in [6, 6.07) is 5.87. The van der Waals surface area contributed by atoms with Gasteiger partial charge in [-0.1, -0.05) is 36.6 Å². The van der Waals surface area contributed by atoms with Gasteiger partial charge in [-0.3, -0.25) is 9.59 Å². The second kappa shape index (κ2) is 8.33. The Morgan fingerprint density at radius 2 is 1.93 bits per heavy atom. The lowest BCUT2D eigenvalue weighted by Gasteiger charge is -2.35. The van der Waals surface area contributed by atoms with Crippen LogP contribution < -0.4 is 5.32 Å². The van der Waals surface area contributed by atoms with Gasteiger partial charge in [0, 0.05) is 19.8 Å². The third-order valence-corrected chi connectivity index (χ3v) is 5.63. The first-order valence-corrected chi connectivity index (χ1v) is 10.2. The number of nitrogens with one attached hydrogen (secondary N) is 1. The van der Waals surface area contributed by atoms with Crippen molar-refractivity contribution in [1.82, 2.24) is 20.5 Å². The molecule has 0 radical (unpaired) electrons. The fourth-order valence-electron chi connectivity index (χ4n) is 3.99. The van der Waals surface area contributed by atoms with Gasteiger partial charge in [-0.25, -0.2) is 9.40 Å². The first kappa shape index (κ1) is 20.2. The number of hydrazone groups is 1. The van der Waals surface area contributed by atoms with E-state index in [1.807, 2.05) is 0 Å². The Kier molecular flexibility index (Phi) is 5.61. The van der Waals surface area contributed by atoms with Crippen molar-refractivity contribution in [2.24, 2.45) is 5.10 Å². The van der Waals surface area contributed by atoms with Gasteiger partial charge in [-0.2, -0.15) is 10.1 Å². The van der Waals surface area contributed by atoms with Crippen LogP contribution in [-0.4, -0.2) is 32.7 Å². The zero-order valence-corrected chi connectivity index (χ0v) is 16.9. The number of hydrogen-bond acceptors (Lipinski definition) is 6. The molecule has 2 amide bonds. The van der Waals surface area contributed by atoms with Crippen LogP contribution in [0.3, 0.4) is 0 Å². The summed E-state index contributed by atoms with van der Waals surface area (Å²) >= 11 is 0. The second-order valence-corrected chi connectivity index (χ2v) is 7.86. The van der Waals surface area contributed by atoms with E-state index in [2.05, 4.69) is 20.6 Å². The molecule has 30 heavy (non-hydrogen) atoms. The highest BCUT2D eigenvalue weighted by molar-refractivity contribution is 6.39. The summed E-state index contributed by atoms with van der Waals surface area (Å²) in [4.78, 5) is 29.7. The van der Waals surface area contributed by atoms with Crippen LogP contribution in [0.2, 0.25) is 0 Å². The van der Waals surface area contributed by atoms with Crippen LogP contribution in [0.4, 0.5) is 4.39 Å². The fourth-order valence-corrected chi connectivity index (χ4v) is 3.99. The van der Waals surface area contributed by atoms with Crippen LogP contribution in [0.5, 0.6) is 0 Å². The largest absolute Gasteiger partial charge is 0.340 e. The molecule has 158 valence electrons. The van der Waals surface area contributed by atoms with Gasteiger partial charge in [0.2, 0.25) is 11.8 Å². The molecule has 1 aromatic carbocycles. The van der Waals surface area contributed by atoms with E-state index in [1.165, 1.54) is 17.1 Å². The minimum atomic E-state index is -0.682. The molecule has 0 saturated heterocycles. The number of aryl methyl sites for hydroxylation is 1. The van der Waals surface area contributed by atoms with E-state index in [9.17, 15) is 14.0 Å². The van der Waals surface area contributed by atoms with Crippen molar-refractivity contribution in [2.75, 3.05) is 0 Å². The van der Waals surface area contributed by atoms with Gasteiger partial charge in [-0.05, 0) is 30.5 Å². The molecule has 4 rings (SSSR count). The first-order valence-electron chi connectivity index (χ1n) is 10.2. The number of benzene rings is 1. The summed E-state index contributed by atoms with van der Waals surface area (Å²) in [5.41, 5.74) is 0.349. The lowest BCUT2D eigenvalue weighted by Crippen LogP contribution is -2.51. The third kappa shape index (κ3) is 4.24. The molecule has 1 N–H and O–H groups in total. The Labute approximate surface area is 173 Å². The van der Waals surface area contributed by atoms with E-state index in [0.717, 1.165) is 37.7 Å². The molecule has 2 heterocycles. The van der Waals surface area contributed by atoms with Crippen LogP contribution in [0, 0.1) is 12.7 Å². The first-order chi connectivity index (χ1) is 14.4. The molecule has 2 aliphatic rings. The minimum absolute atomic E-state index is 0.169. The van der Waals surface area contributed by atoms with Crippen molar-refractivity contribution in [3.63, 3.8) is 0 Å². The number of halogens is 1. The predicted octanol–water partition coefficient (Wildman–Crippen LogP) is 2.97. The molecule has 0 bridgehead atoms. The molecule has 1 aromatic heterocycles. The lowest BCUT2D eigenvalue weighted by molar-refractivity contribution is -0.132. The van der Waals surface area contributed by atoms with E-state index < -0.39 is 5.54 Å². The fraction of sp³-hybridized carbons (Fsp3) is 0.476. The van der Waals surface area contributed by atoms with Gasteiger partial charge in [-0.15, -0.1) is 0 Å². The molecular formula is C21H24FN5O3. The number of carbonyl (C=O) groups is 2. The van der Waals surface area contributed by atoms with Gasteiger partial charge in [0.05, 0.1) is 6.54 Å². The summed E-state index contributed by atoms with van der Waals surface area (Å²) in [6.07, 6.45) is 4.92. The average molecular weight is 413 g/mol. The van der Waals surface area contributed by atoms with E-state index >= 15 is 0 Å². The van der Waals surface area contributed by atoms with Gasteiger partial charge >= 0.3 is 0 Å². The smallest absolute Gasteiger partial charge is 0.268 e. The monoisotopic (exact) mass is 413 g/mol. The van der Waals surface area contributed by atoms with Crippen LogP contribution in [0.1, 0.15) is 62.2 Å². The van der Waals surface area contributed by atoms with Gasteiger partial charge in [0.1, 0.15) is 17.1 Å². The van der Waals surface area contributed by atoms with Crippen LogP contribution >= 0.6 is 0 Å². The maximum absolute atomic E-state index is 13.1. The Balaban J connectivity index is 1.53. The summed E-state index contributed by atoms with van der Waals surface area (Å²) in [7, 11) is 0. The molecule has 2 aromatic rings. The molecule has 9 heteroatoms. The van der Waals surface area contributed by atoms with Crippen molar-refractivity contribution in [1.29, 1.82) is 0 Å². The molecule has 0 unspecified atom stereocenters. The summed E-state index contributed by atoms with van der Waals surface area (Å²) in [6.45, 7) is 1.91. The quantitative estimate of drug-likeness (QED) is 0.812. The Morgan fingerprint density at radius 1 is 1.20 bits per heavy atom. The van der Waals surface area contributed by atoms with E-state index in [1.54, 1.807) is 19.1 Å². The normalized spacial score (nSPS) is 18.8. The van der Waals surface area contributed by atoms with Crippen molar-refractivity contribution in [3.8, 4) is 0 Å². The predicted molar refractivity (Wildman–Crippen MR) is 106 cm³/mol. The maximum Gasteiger partial charge on any atom is 0.268 e. The molecule has 1 aliphatic carbocycles. The number of carbonyl (C=O) groups excluding carboxylic acids is 2. The molecule has 1 saturated carbocycles.